The first-order chi connectivity index (χ1) is 9.38. The second-order valence-corrected chi connectivity index (χ2v) is 7.24. The Morgan fingerprint density at radius 2 is 1.80 bits per heavy atom. The van der Waals surface area contributed by atoms with Crippen molar-refractivity contribution in [2.45, 2.75) is 46.1 Å². The summed E-state index contributed by atoms with van der Waals surface area (Å²) in [5.41, 5.74) is 0.0120. The minimum Gasteiger partial charge on any atom is -0.377 e. The molecular weight excluding hydrogens is 324 g/mol. The van der Waals surface area contributed by atoms with Crippen LogP contribution >= 0.6 is 15.9 Å². The van der Waals surface area contributed by atoms with E-state index in [-0.39, 0.29) is 11.7 Å². The minimum absolute atomic E-state index is 0.0120. The topological polar surface area (TPSA) is 12.0 Å². The van der Waals surface area contributed by atoms with E-state index in [4.69, 9.17) is 0 Å². The molecule has 1 N–H and O–H groups in total. The molecule has 0 aliphatic heterocycles. The second-order valence-electron chi connectivity index (χ2n) is 6.32. The van der Waals surface area contributed by atoms with Gasteiger partial charge in [-0.05, 0) is 42.7 Å². The summed E-state index contributed by atoms with van der Waals surface area (Å²) < 4.78 is 28.3. The maximum Gasteiger partial charge on any atom is 0.150 e. The Balaban J connectivity index is 2.22. The van der Waals surface area contributed by atoms with Crippen molar-refractivity contribution in [3.8, 4) is 0 Å². The Kier molecular flexibility index (Phi) is 5.05. The summed E-state index contributed by atoms with van der Waals surface area (Å²) in [6, 6.07) is 2.76. The monoisotopic (exact) mass is 345 g/mol. The largest absolute Gasteiger partial charge is 0.377 e. The number of rotatable bonds is 3. The van der Waals surface area contributed by atoms with Crippen LogP contribution in [0.4, 0.5) is 14.5 Å². The fourth-order valence-corrected chi connectivity index (χ4v) is 3.64. The van der Waals surface area contributed by atoms with E-state index in [9.17, 15) is 8.78 Å². The van der Waals surface area contributed by atoms with Crippen molar-refractivity contribution in [1.82, 2.24) is 0 Å². The molecule has 0 heterocycles. The van der Waals surface area contributed by atoms with Gasteiger partial charge in [0.15, 0.2) is 0 Å². The van der Waals surface area contributed by atoms with Gasteiger partial charge in [-0.25, -0.2) is 8.78 Å². The highest BCUT2D eigenvalue weighted by atomic mass is 79.9. The summed E-state index contributed by atoms with van der Waals surface area (Å²) in [7, 11) is 0. The van der Waals surface area contributed by atoms with Gasteiger partial charge in [0, 0.05) is 10.5 Å². The summed E-state index contributed by atoms with van der Waals surface area (Å²) >= 11 is 3.11. The molecule has 3 unspecified atom stereocenters. The van der Waals surface area contributed by atoms with E-state index in [1.807, 2.05) is 0 Å². The highest BCUT2D eigenvalue weighted by Crippen LogP contribution is 2.36. The van der Waals surface area contributed by atoms with Gasteiger partial charge in [0.05, 0.1) is 0 Å². The van der Waals surface area contributed by atoms with Crippen LogP contribution in [0.2, 0.25) is 0 Å². The minimum atomic E-state index is -0.530. The number of halogens is 3. The summed E-state index contributed by atoms with van der Waals surface area (Å²) in [6.07, 6.45) is 3.29. The van der Waals surface area contributed by atoms with Crippen molar-refractivity contribution in [2.75, 3.05) is 5.32 Å². The molecule has 0 saturated heterocycles. The van der Waals surface area contributed by atoms with Crippen LogP contribution in [-0.2, 0) is 0 Å². The summed E-state index contributed by atoms with van der Waals surface area (Å²) in [5, 5.41) is 3.14. The van der Waals surface area contributed by atoms with Crippen molar-refractivity contribution in [2.24, 2.45) is 17.8 Å². The molecule has 3 atom stereocenters. The molecule has 112 valence electrons. The van der Waals surface area contributed by atoms with E-state index in [2.05, 4.69) is 42.0 Å². The van der Waals surface area contributed by atoms with Gasteiger partial charge in [-0.1, -0.05) is 43.1 Å². The average molecular weight is 346 g/mol. The van der Waals surface area contributed by atoms with Crippen LogP contribution in [0.3, 0.4) is 0 Å². The zero-order valence-electron chi connectivity index (χ0n) is 12.2. The quantitative estimate of drug-likeness (QED) is 0.751. The lowest BCUT2D eigenvalue weighted by atomic mass is 9.74. The van der Waals surface area contributed by atoms with E-state index >= 15 is 0 Å². The number of hydrogen-bond acceptors (Lipinski definition) is 1. The number of nitrogens with one attached hydrogen (secondary N) is 1. The summed E-state index contributed by atoms with van der Waals surface area (Å²) in [6.45, 7) is 6.58. The first-order valence-corrected chi connectivity index (χ1v) is 8.09. The van der Waals surface area contributed by atoms with Crippen molar-refractivity contribution in [3.05, 3.63) is 28.2 Å². The zero-order chi connectivity index (χ0) is 14.9. The molecule has 1 fully saturated rings. The third kappa shape index (κ3) is 3.51. The molecule has 1 aliphatic carbocycles. The Morgan fingerprint density at radius 3 is 2.35 bits per heavy atom. The fourth-order valence-electron chi connectivity index (χ4n) is 3.23. The van der Waals surface area contributed by atoms with Crippen LogP contribution in [0.1, 0.15) is 40.0 Å². The molecule has 4 heteroatoms. The molecule has 0 aromatic heterocycles. The Hall–Kier alpha value is -0.640. The first-order valence-electron chi connectivity index (χ1n) is 7.29. The number of hydrogen-bond donors (Lipinski definition) is 1. The van der Waals surface area contributed by atoms with E-state index in [1.165, 1.54) is 18.6 Å². The predicted octanol–water partition coefficient (Wildman–Crippen LogP) is 5.60. The fraction of sp³-hybridized carbons (Fsp3) is 0.625. The van der Waals surface area contributed by atoms with Gasteiger partial charge >= 0.3 is 0 Å². The lowest BCUT2D eigenvalue weighted by Crippen LogP contribution is -2.38. The maximum absolute atomic E-state index is 14.0. The lowest BCUT2D eigenvalue weighted by Gasteiger charge is -2.38. The first kappa shape index (κ1) is 15.7. The molecule has 1 nitrogen and oxygen atoms in total. The molecule has 2 rings (SSSR count). The Bertz CT molecular complexity index is 453. The smallest absolute Gasteiger partial charge is 0.150 e. The van der Waals surface area contributed by atoms with Gasteiger partial charge in [-0.2, -0.15) is 0 Å². The average Bonchev–Trinajstić information content (AvgIpc) is 2.33. The van der Waals surface area contributed by atoms with Gasteiger partial charge < -0.3 is 5.32 Å². The van der Waals surface area contributed by atoms with Crippen LogP contribution in [0.15, 0.2) is 16.6 Å². The predicted molar refractivity (Wildman–Crippen MR) is 82.8 cm³/mol. The van der Waals surface area contributed by atoms with Gasteiger partial charge in [0.2, 0.25) is 0 Å². The molecular formula is C16H22BrF2N. The highest BCUT2D eigenvalue weighted by Gasteiger charge is 2.31. The molecule has 0 bridgehead atoms. The van der Waals surface area contributed by atoms with E-state index in [1.54, 1.807) is 0 Å². The van der Waals surface area contributed by atoms with Gasteiger partial charge in [-0.3, -0.25) is 0 Å². The standard InChI is InChI=1S/C16H22BrF2N/c1-9(2)12-5-4-10(3)6-15(12)20-16-13(18)7-11(17)8-14(16)19/h7-10,12,15,20H,4-6H2,1-3H3. The van der Waals surface area contributed by atoms with Crippen LogP contribution in [0.25, 0.3) is 0 Å². The molecule has 20 heavy (non-hydrogen) atoms. The highest BCUT2D eigenvalue weighted by molar-refractivity contribution is 9.10. The number of anilines is 1. The zero-order valence-corrected chi connectivity index (χ0v) is 13.8. The third-order valence-corrected chi connectivity index (χ3v) is 4.82. The van der Waals surface area contributed by atoms with Gasteiger partial charge in [0.25, 0.3) is 0 Å². The molecule has 1 aromatic carbocycles. The SMILES string of the molecule is CC1CCC(C(C)C)C(Nc2c(F)cc(Br)cc2F)C1. The van der Waals surface area contributed by atoms with E-state index < -0.39 is 11.6 Å². The molecule has 0 radical (unpaired) electrons. The number of benzene rings is 1. The van der Waals surface area contributed by atoms with Crippen molar-refractivity contribution < 1.29 is 8.78 Å². The van der Waals surface area contributed by atoms with Gasteiger partial charge in [-0.15, -0.1) is 0 Å². The van der Waals surface area contributed by atoms with Gasteiger partial charge in [0.1, 0.15) is 17.3 Å². The van der Waals surface area contributed by atoms with E-state index in [0.717, 1.165) is 12.8 Å². The molecule has 1 aliphatic rings. The van der Waals surface area contributed by atoms with Crippen molar-refractivity contribution in [1.29, 1.82) is 0 Å². The van der Waals surface area contributed by atoms with Crippen LogP contribution in [0, 0.1) is 29.4 Å². The summed E-state index contributed by atoms with van der Waals surface area (Å²) in [4.78, 5) is 0. The Morgan fingerprint density at radius 1 is 1.20 bits per heavy atom. The maximum atomic E-state index is 14.0. The van der Waals surface area contributed by atoms with E-state index in [0.29, 0.717) is 22.2 Å². The van der Waals surface area contributed by atoms with Crippen molar-refractivity contribution >= 4 is 21.6 Å². The normalized spacial score (nSPS) is 26.9. The molecule has 1 aromatic rings. The van der Waals surface area contributed by atoms with Crippen LogP contribution in [-0.4, -0.2) is 6.04 Å². The second kappa shape index (κ2) is 6.42. The van der Waals surface area contributed by atoms with Crippen molar-refractivity contribution in [3.63, 3.8) is 0 Å². The Labute approximate surface area is 128 Å². The third-order valence-electron chi connectivity index (χ3n) is 4.36. The molecule has 1 saturated carbocycles. The summed E-state index contributed by atoms with van der Waals surface area (Å²) in [5.74, 6) is 0.523. The van der Waals surface area contributed by atoms with Crippen LogP contribution in [0.5, 0.6) is 0 Å². The molecule has 0 amide bonds. The van der Waals surface area contributed by atoms with Crippen LogP contribution < -0.4 is 5.32 Å². The lowest BCUT2D eigenvalue weighted by molar-refractivity contribution is 0.211. The molecule has 0 spiro atoms.